The van der Waals surface area contributed by atoms with E-state index in [0.717, 1.165) is 56.3 Å². The Morgan fingerprint density at radius 1 is 0.229 bits per heavy atom. The Morgan fingerprint density at radius 3 is 0.506 bits per heavy atom. The summed E-state index contributed by atoms with van der Waals surface area (Å²) in [6.07, 6.45) is 66.6. The zero-order valence-corrected chi connectivity index (χ0v) is 56.7. The molecule has 0 heterocycles. The standard InChI is InChI=1S/C72H123O3S.6FH.Sb/c1-4-7-10-13-16-19-22-25-28-31-34-37-40-43-46-49-64-73-67-52-58-70(59-53-67)76(71-60-54-68(55-61-71)74-65-50-47-44-41-38-35-32-29-26-23-20-17-14-11-8-5-2)72-62-56-69(57-63-72)75-66-51-48-45-42-39-36-33-30-27-24-21-18-15-12-9-6-3;;;;;;;/h52-63H,4-51,64-66H2,1-3H3;6*1H;/q+1;;;;;;;+5/p-6. The molecule has 0 spiro atoms. The molecule has 0 aliphatic heterocycles. The summed E-state index contributed by atoms with van der Waals surface area (Å²) in [7, 11) is -0.261. The summed E-state index contributed by atoms with van der Waals surface area (Å²) in [5.74, 6) is 2.93. The molecule has 0 atom stereocenters. The molecule has 3 aromatic carbocycles. The van der Waals surface area contributed by atoms with Gasteiger partial charge < -0.3 is 14.2 Å². The first-order valence-corrected chi connectivity index (χ1v) is 41.7. The normalized spacial score (nSPS) is 12.5. The predicted molar refractivity (Wildman–Crippen MR) is 349 cm³/mol. The molecule has 0 N–H and O–H groups in total. The third-order valence-corrected chi connectivity index (χ3v) is 18.2. The third-order valence-electron chi connectivity index (χ3n) is 16.0. The average Bonchev–Trinajstić information content (AvgIpc) is 3.67. The van der Waals surface area contributed by atoms with Gasteiger partial charge in [-0.05, 0) is 92.1 Å². The second-order valence-corrected chi connectivity index (χ2v) is 31.6. The number of rotatable bonds is 57. The van der Waals surface area contributed by atoms with Gasteiger partial charge in [-0.15, -0.1) is 0 Å². The van der Waals surface area contributed by atoms with Crippen LogP contribution in [-0.2, 0) is 10.9 Å². The number of hydrogen-bond acceptors (Lipinski definition) is 3. The molecule has 0 radical (unpaired) electrons. The summed E-state index contributed by atoms with van der Waals surface area (Å²) in [6.45, 7) is 9.31. The summed E-state index contributed by atoms with van der Waals surface area (Å²) in [5.41, 5.74) is 0. The first-order chi connectivity index (χ1) is 40.2. The van der Waals surface area contributed by atoms with Crippen LogP contribution in [0.15, 0.2) is 87.5 Å². The molecule has 482 valence electrons. The van der Waals surface area contributed by atoms with Crippen LogP contribution in [-0.4, -0.2) is 39.3 Å². The van der Waals surface area contributed by atoms with Crippen LogP contribution in [0.4, 0.5) is 16.9 Å². The van der Waals surface area contributed by atoms with Gasteiger partial charge in [-0.1, -0.05) is 310 Å². The molecule has 3 rings (SSSR count). The Hall–Kier alpha value is -2.19. The molecule has 0 aliphatic carbocycles. The zero-order chi connectivity index (χ0) is 60.1. The minimum absolute atomic E-state index is 0.261. The van der Waals surface area contributed by atoms with Gasteiger partial charge in [0.2, 0.25) is 0 Å². The topological polar surface area (TPSA) is 27.7 Å². The quantitative estimate of drug-likeness (QED) is 0.0244. The van der Waals surface area contributed by atoms with Gasteiger partial charge in [0.15, 0.2) is 14.7 Å². The van der Waals surface area contributed by atoms with E-state index in [-0.39, 0.29) is 10.9 Å². The third kappa shape index (κ3) is 51.6. The number of halogens is 6. The van der Waals surface area contributed by atoms with Gasteiger partial charge in [0.25, 0.3) is 0 Å². The van der Waals surface area contributed by atoms with Crippen molar-refractivity contribution in [3.8, 4) is 17.2 Å². The van der Waals surface area contributed by atoms with E-state index in [1.165, 1.54) is 304 Å². The summed E-state index contributed by atoms with van der Waals surface area (Å²) >= 11 is -11.2. The van der Waals surface area contributed by atoms with Crippen molar-refractivity contribution >= 4 is 30.4 Å². The van der Waals surface area contributed by atoms with Crippen molar-refractivity contribution in [3.05, 3.63) is 72.8 Å². The summed E-state index contributed by atoms with van der Waals surface area (Å²) in [5, 5.41) is 0. The Balaban J connectivity index is 0.00000314. The van der Waals surface area contributed by atoms with Crippen molar-refractivity contribution in [3.63, 3.8) is 0 Å². The van der Waals surface area contributed by atoms with Crippen LogP contribution < -0.4 is 14.2 Å². The van der Waals surface area contributed by atoms with Gasteiger partial charge in [0, 0.05) is 0 Å². The van der Waals surface area contributed by atoms with Crippen LogP contribution >= 0.6 is 0 Å². The van der Waals surface area contributed by atoms with Crippen LogP contribution in [0.1, 0.15) is 329 Å². The molecular formula is C72H123F6O3SSb. The Bertz CT molecular complexity index is 1660. The molecule has 0 fully saturated rings. The van der Waals surface area contributed by atoms with Crippen LogP contribution in [0.3, 0.4) is 0 Å². The van der Waals surface area contributed by atoms with E-state index in [0.29, 0.717) is 0 Å². The summed E-state index contributed by atoms with van der Waals surface area (Å²) in [6, 6.07) is 26.8. The second kappa shape index (κ2) is 49.8. The fourth-order valence-corrected chi connectivity index (χ4v) is 13.0. The van der Waals surface area contributed by atoms with Crippen LogP contribution in [0.5, 0.6) is 17.2 Å². The van der Waals surface area contributed by atoms with Crippen LogP contribution in [0, 0.1) is 0 Å². The molecule has 0 bridgehead atoms. The molecule has 0 saturated carbocycles. The van der Waals surface area contributed by atoms with E-state index < -0.39 is 19.5 Å². The van der Waals surface area contributed by atoms with Gasteiger partial charge in [0.1, 0.15) is 17.2 Å². The molecule has 0 amide bonds. The van der Waals surface area contributed by atoms with Crippen LogP contribution in [0.25, 0.3) is 0 Å². The monoisotopic (exact) mass is 1300 g/mol. The average molecular weight is 1300 g/mol. The molecule has 3 aromatic rings. The van der Waals surface area contributed by atoms with Crippen molar-refractivity contribution < 1.29 is 31.1 Å². The van der Waals surface area contributed by atoms with Gasteiger partial charge in [-0.25, -0.2) is 0 Å². The summed E-state index contributed by atoms with van der Waals surface area (Å²) in [4.78, 5) is 3.91. The first kappa shape index (κ1) is 76.9. The molecule has 11 heteroatoms. The van der Waals surface area contributed by atoms with Crippen molar-refractivity contribution in [2.45, 2.75) is 344 Å². The first-order valence-electron chi connectivity index (χ1n) is 34.7. The molecular weight excluding hydrogens is 1180 g/mol. The SMILES string of the molecule is CCCCCCCCCCCCCCCCCCOc1ccc([S+](c2ccc(OCCCCCCCCCCCCCCCCCC)cc2)c2ccc(OCCCCCCCCCCCCCCCCCC)cc2)cc1.[F][Sb-]([F])([F])([F])([F])[F]. The fraction of sp³-hybridized carbons (Fsp3) is 0.750. The van der Waals surface area contributed by atoms with E-state index in [4.69, 9.17) is 14.2 Å². The maximum atomic E-state index is 9.93. The second-order valence-electron chi connectivity index (χ2n) is 24.1. The number of benzene rings is 3. The van der Waals surface area contributed by atoms with Crippen molar-refractivity contribution in [1.82, 2.24) is 0 Å². The van der Waals surface area contributed by atoms with E-state index in [1.54, 1.807) is 0 Å². The van der Waals surface area contributed by atoms with E-state index >= 15 is 0 Å². The van der Waals surface area contributed by atoms with Crippen molar-refractivity contribution in [2.75, 3.05) is 19.8 Å². The molecule has 0 aromatic heterocycles. The Kier molecular flexibility index (Phi) is 46.1. The van der Waals surface area contributed by atoms with E-state index in [9.17, 15) is 16.9 Å². The minimum atomic E-state index is -11.2. The molecule has 0 unspecified atom stereocenters. The van der Waals surface area contributed by atoms with Gasteiger partial charge >= 0.3 is 36.4 Å². The van der Waals surface area contributed by atoms with Crippen molar-refractivity contribution in [2.24, 2.45) is 0 Å². The van der Waals surface area contributed by atoms with Crippen LogP contribution in [0.2, 0.25) is 0 Å². The Morgan fingerprint density at radius 2 is 0.361 bits per heavy atom. The molecule has 0 saturated heterocycles. The number of hydrogen-bond donors (Lipinski definition) is 0. The number of unbranched alkanes of at least 4 members (excludes halogenated alkanes) is 45. The van der Waals surface area contributed by atoms with E-state index in [2.05, 4.69) is 93.6 Å². The van der Waals surface area contributed by atoms with Gasteiger partial charge in [-0.2, -0.15) is 0 Å². The fourth-order valence-electron chi connectivity index (χ4n) is 10.9. The number of ether oxygens (including phenoxy) is 3. The molecule has 83 heavy (non-hydrogen) atoms. The summed E-state index contributed by atoms with van der Waals surface area (Å²) < 4.78 is 78.4. The van der Waals surface area contributed by atoms with Gasteiger partial charge in [-0.3, -0.25) is 0 Å². The molecule has 3 nitrogen and oxygen atoms in total. The van der Waals surface area contributed by atoms with E-state index in [1.807, 2.05) is 0 Å². The van der Waals surface area contributed by atoms with Gasteiger partial charge in [0.05, 0.1) is 30.7 Å². The molecule has 0 aliphatic rings. The Labute approximate surface area is 511 Å². The van der Waals surface area contributed by atoms with Crippen molar-refractivity contribution in [1.29, 1.82) is 0 Å². The predicted octanol–water partition coefficient (Wildman–Crippen LogP) is 26.8. The maximum absolute atomic E-state index is 11.2. The zero-order valence-electron chi connectivity index (χ0n) is 53.3.